The predicted octanol–water partition coefficient (Wildman–Crippen LogP) is 1.09. The molecular formula is C13H14N4O3S. The highest BCUT2D eigenvalue weighted by Crippen LogP contribution is 2.39. The molecule has 1 fully saturated rings. The second-order valence-corrected chi connectivity index (χ2v) is 5.61. The third-order valence-electron chi connectivity index (χ3n) is 2.93. The zero-order chi connectivity index (χ0) is 15.4. The van der Waals surface area contributed by atoms with Gasteiger partial charge in [0, 0.05) is 5.92 Å². The number of aromatic nitrogens is 2. The molecule has 21 heavy (non-hydrogen) atoms. The van der Waals surface area contributed by atoms with Crippen LogP contribution in [0.15, 0.2) is 5.03 Å². The van der Waals surface area contributed by atoms with E-state index in [2.05, 4.69) is 15.3 Å². The molecule has 1 amide bonds. The van der Waals surface area contributed by atoms with Gasteiger partial charge in [-0.1, -0.05) is 11.8 Å². The lowest BCUT2D eigenvalue weighted by Crippen LogP contribution is -2.25. The van der Waals surface area contributed by atoms with Gasteiger partial charge in [0.2, 0.25) is 5.91 Å². The first kappa shape index (κ1) is 15.3. The van der Waals surface area contributed by atoms with Gasteiger partial charge in [0.25, 0.3) is 0 Å². The molecule has 8 heteroatoms. The third kappa shape index (κ3) is 3.92. The van der Waals surface area contributed by atoms with Crippen molar-refractivity contribution < 1.29 is 14.7 Å². The summed E-state index contributed by atoms with van der Waals surface area (Å²) in [6.45, 7) is 1.57. The first-order valence-electron chi connectivity index (χ1n) is 6.41. The Morgan fingerprint density at radius 3 is 2.76 bits per heavy atom. The van der Waals surface area contributed by atoms with Crippen molar-refractivity contribution in [2.45, 2.75) is 30.7 Å². The van der Waals surface area contributed by atoms with E-state index in [1.165, 1.54) is 0 Å². The van der Waals surface area contributed by atoms with Gasteiger partial charge in [-0.3, -0.25) is 4.79 Å². The number of amides is 1. The summed E-state index contributed by atoms with van der Waals surface area (Å²) < 4.78 is 0. The number of thioether (sulfide) groups is 1. The summed E-state index contributed by atoms with van der Waals surface area (Å²) in [6.07, 6.45) is 2.03. The normalized spacial score (nSPS) is 13.5. The number of carboxylic acid groups (broad SMARTS) is 1. The van der Waals surface area contributed by atoms with Crippen molar-refractivity contribution in [1.82, 2.24) is 15.3 Å². The fourth-order valence-electron chi connectivity index (χ4n) is 1.77. The van der Waals surface area contributed by atoms with Crippen LogP contribution in [0.2, 0.25) is 0 Å². The maximum absolute atomic E-state index is 11.5. The summed E-state index contributed by atoms with van der Waals surface area (Å²) in [6, 6.07) is 1.81. The van der Waals surface area contributed by atoms with E-state index in [0.29, 0.717) is 22.5 Å². The van der Waals surface area contributed by atoms with Crippen molar-refractivity contribution in [3.63, 3.8) is 0 Å². The number of carboxylic acids is 1. The Morgan fingerprint density at radius 2 is 2.19 bits per heavy atom. The van der Waals surface area contributed by atoms with E-state index in [4.69, 9.17) is 5.26 Å². The Kier molecular flexibility index (Phi) is 4.75. The van der Waals surface area contributed by atoms with E-state index in [1.54, 1.807) is 13.0 Å². The van der Waals surface area contributed by atoms with Crippen molar-refractivity contribution in [3.05, 3.63) is 17.1 Å². The molecule has 0 aliphatic heterocycles. The van der Waals surface area contributed by atoms with Crippen molar-refractivity contribution in [1.29, 1.82) is 5.26 Å². The molecule has 1 aromatic heterocycles. The second-order valence-electron chi connectivity index (χ2n) is 4.65. The maximum Gasteiger partial charge on any atom is 0.340 e. The molecule has 2 N–H and O–H groups in total. The highest BCUT2D eigenvalue weighted by atomic mass is 32.2. The Morgan fingerprint density at radius 1 is 1.48 bits per heavy atom. The first-order valence-corrected chi connectivity index (χ1v) is 7.39. The highest BCUT2D eigenvalue weighted by Gasteiger charge is 2.29. The van der Waals surface area contributed by atoms with Crippen LogP contribution in [0.5, 0.6) is 0 Å². The van der Waals surface area contributed by atoms with Crippen LogP contribution in [-0.4, -0.2) is 39.2 Å². The molecule has 0 atom stereocenters. The van der Waals surface area contributed by atoms with Crippen LogP contribution >= 0.6 is 11.8 Å². The fourth-order valence-corrected chi connectivity index (χ4v) is 2.67. The van der Waals surface area contributed by atoms with Gasteiger partial charge in [-0.15, -0.1) is 0 Å². The highest BCUT2D eigenvalue weighted by molar-refractivity contribution is 8.00. The summed E-state index contributed by atoms with van der Waals surface area (Å²) in [5, 5.41) is 20.4. The Balaban J connectivity index is 2.17. The van der Waals surface area contributed by atoms with Gasteiger partial charge in [0.15, 0.2) is 0 Å². The summed E-state index contributed by atoms with van der Waals surface area (Å²) in [4.78, 5) is 31.4. The van der Waals surface area contributed by atoms with Crippen molar-refractivity contribution in [2.24, 2.45) is 0 Å². The maximum atomic E-state index is 11.5. The van der Waals surface area contributed by atoms with Gasteiger partial charge in [-0.2, -0.15) is 5.26 Å². The van der Waals surface area contributed by atoms with E-state index in [0.717, 1.165) is 24.6 Å². The molecule has 110 valence electrons. The van der Waals surface area contributed by atoms with Crippen LogP contribution in [-0.2, 0) is 4.79 Å². The number of rotatable bonds is 6. The Labute approximate surface area is 125 Å². The molecule has 0 spiro atoms. The van der Waals surface area contributed by atoms with E-state index >= 15 is 0 Å². The molecule has 0 saturated heterocycles. The number of aromatic carboxylic acids is 1. The SMILES string of the molecule is Cc1nc(C2CC2)nc(SCC(=O)NCC#N)c1C(=O)O. The number of nitriles is 1. The number of hydrogen-bond acceptors (Lipinski definition) is 6. The number of nitrogens with zero attached hydrogens (tertiary/aromatic N) is 3. The second kappa shape index (κ2) is 6.54. The van der Waals surface area contributed by atoms with Gasteiger partial charge < -0.3 is 10.4 Å². The Hall–Kier alpha value is -2.14. The van der Waals surface area contributed by atoms with E-state index in [1.807, 2.05) is 0 Å². The quantitative estimate of drug-likeness (QED) is 0.459. The topological polar surface area (TPSA) is 116 Å². The molecule has 0 bridgehead atoms. The van der Waals surface area contributed by atoms with E-state index < -0.39 is 5.97 Å². The van der Waals surface area contributed by atoms with Gasteiger partial charge in [-0.25, -0.2) is 14.8 Å². The molecule has 1 aromatic rings. The lowest BCUT2D eigenvalue weighted by Gasteiger charge is -2.09. The minimum Gasteiger partial charge on any atom is -0.478 e. The zero-order valence-corrected chi connectivity index (χ0v) is 12.2. The summed E-state index contributed by atoms with van der Waals surface area (Å²) in [5.74, 6) is -0.463. The van der Waals surface area contributed by atoms with Crippen LogP contribution in [0.1, 0.15) is 40.6 Å². The van der Waals surface area contributed by atoms with Crippen LogP contribution in [0.25, 0.3) is 0 Å². The van der Waals surface area contributed by atoms with Gasteiger partial charge in [-0.05, 0) is 19.8 Å². The largest absolute Gasteiger partial charge is 0.478 e. The van der Waals surface area contributed by atoms with Gasteiger partial charge >= 0.3 is 5.97 Å². The number of carbonyl (C=O) groups excluding carboxylic acids is 1. The van der Waals surface area contributed by atoms with Gasteiger partial charge in [0.1, 0.15) is 23.0 Å². The summed E-state index contributed by atoms with van der Waals surface area (Å²) in [5.41, 5.74) is 0.455. The minimum absolute atomic E-state index is 0.0164. The fraction of sp³-hybridized carbons (Fsp3) is 0.462. The zero-order valence-electron chi connectivity index (χ0n) is 11.4. The summed E-state index contributed by atoms with van der Waals surface area (Å²) >= 11 is 1.05. The van der Waals surface area contributed by atoms with Crippen molar-refractivity contribution in [3.8, 4) is 6.07 Å². The van der Waals surface area contributed by atoms with Crippen LogP contribution in [0, 0.1) is 18.3 Å². The Bertz CT molecular complexity index is 623. The van der Waals surface area contributed by atoms with Crippen molar-refractivity contribution in [2.75, 3.05) is 12.3 Å². The molecule has 0 aromatic carbocycles. The predicted molar refractivity (Wildman–Crippen MR) is 75.1 cm³/mol. The number of carbonyl (C=O) groups is 2. The molecule has 2 rings (SSSR count). The molecule has 0 radical (unpaired) electrons. The molecule has 1 aliphatic carbocycles. The minimum atomic E-state index is -1.10. The van der Waals surface area contributed by atoms with Crippen LogP contribution < -0.4 is 5.32 Å². The van der Waals surface area contributed by atoms with Crippen LogP contribution in [0.4, 0.5) is 0 Å². The average Bonchev–Trinajstić information content (AvgIpc) is 3.26. The third-order valence-corrected chi connectivity index (χ3v) is 3.91. The smallest absolute Gasteiger partial charge is 0.340 e. The molecule has 0 unspecified atom stereocenters. The lowest BCUT2D eigenvalue weighted by atomic mass is 10.2. The lowest BCUT2D eigenvalue weighted by molar-refractivity contribution is -0.118. The summed E-state index contributed by atoms with van der Waals surface area (Å²) in [7, 11) is 0. The van der Waals surface area contributed by atoms with E-state index in [9.17, 15) is 14.7 Å². The number of nitrogens with one attached hydrogen (secondary N) is 1. The number of aryl methyl sites for hydroxylation is 1. The molecule has 1 heterocycles. The van der Waals surface area contributed by atoms with Crippen molar-refractivity contribution >= 4 is 23.6 Å². The average molecular weight is 306 g/mol. The molecule has 1 aliphatic rings. The standard InChI is InChI=1S/C13H14N4O3S/c1-7-10(13(19)20)12(17-11(16-7)8-2-3-8)21-6-9(18)15-5-4-14/h8H,2-3,5-6H2,1H3,(H,15,18)(H,19,20). The molecule has 1 saturated carbocycles. The van der Waals surface area contributed by atoms with Gasteiger partial charge in [0.05, 0.1) is 17.5 Å². The monoisotopic (exact) mass is 306 g/mol. The van der Waals surface area contributed by atoms with Crippen LogP contribution in [0.3, 0.4) is 0 Å². The molecule has 7 nitrogen and oxygen atoms in total. The number of hydrogen-bond donors (Lipinski definition) is 2. The van der Waals surface area contributed by atoms with E-state index in [-0.39, 0.29) is 23.8 Å². The molecular weight excluding hydrogens is 292 g/mol. The first-order chi connectivity index (χ1) is 10.0.